The summed E-state index contributed by atoms with van der Waals surface area (Å²) in [6.45, 7) is 7.95. The minimum atomic E-state index is 0.0849. The molecule has 3 aromatic rings. The molecule has 21 heavy (non-hydrogen) atoms. The third-order valence-corrected chi connectivity index (χ3v) is 3.34. The average molecular weight is 284 g/mol. The first-order chi connectivity index (χ1) is 10.0. The Morgan fingerprint density at radius 1 is 1.24 bits per heavy atom. The van der Waals surface area contributed by atoms with Gasteiger partial charge < -0.3 is 14.4 Å². The molecular weight excluding hydrogens is 264 g/mol. The lowest BCUT2D eigenvalue weighted by molar-refractivity contribution is 0.377. The van der Waals surface area contributed by atoms with Crippen LogP contribution in [0.15, 0.2) is 41.3 Å². The first kappa shape index (κ1) is 13.8. The molecule has 0 aromatic carbocycles. The van der Waals surface area contributed by atoms with E-state index in [-0.39, 0.29) is 5.54 Å². The SMILES string of the molecule is CC(C)(C)NCc1cn(Cc2ccno2)c2ncccc12. The number of aromatic nitrogens is 3. The van der Waals surface area contributed by atoms with Crippen LogP contribution in [-0.2, 0) is 13.1 Å². The first-order valence-corrected chi connectivity index (χ1v) is 7.10. The summed E-state index contributed by atoms with van der Waals surface area (Å²) in [5, 5.41) is 8.45. The third-order valence-electron chi connectivity index (χ3n) is 3.34. The molecule has 0 saturated carbocycles. The van der Waals surface area contributed by atoms with Crippen LogP contribution in [-0.4, -0.2) is 20.2 Å². The summed E-state index contributed by atoms with van der Waals surface area (Å²) >= 11 is 0. The fourth-order valence-corrected chi connectivity index (χ4v) is 2.31. The topological polar surface area (TPSA) is 55.9 Å². The molecule has 0 atom stereocenters. The van der Waals surface area contributed by atoms with Crippen LogP contribution in [0.2, 0.25) is 0 Å². The Morgan fingerprint density at radius 3 is 2.81 bits per heavy atom. The molecule has 3 heterocycles. The normalized spacial score (nSPS) is 12.1. The van der Waals surface area contributed by atoms with E-state index in [2.05, 4.69) is 53.1 Å². The number of pyridine rings is 1. The van der Waals surface area contributed by atoms with E-state index in [4.69, 9.17) is 4.52 Å². The van der Waals surface area contributed by atoms with E-state index < -0.39 is 0 Å². The molecule has 5 nitrogen and oxygen atoms in total. The highest BCUT2D eigenvalue weighted by Gasteiger charge is 2.14. The number of nitrogens with zero attached hydrogens (tertiary/aromatic N) is 3. The number of fused-ring (bicyclic) bond motifs is 1. The van der Waals surface area contributed by atoms with Crippen molar-refractivity contribution in [2.45, 2.75) is 39.4 Å². The van der Waals surface area contributed by atoms with E-state index in [0.717, 1.165) is 18.0 Å². The van der Waals surface area contributed by atoms with Crippen molar-refractivity contribution < 1.29 is 4.52 Å². The fraction of sp³-hybridized carbons (Fsp3) is 0.375. The van der Waals surface area contributed by atoms with Gasteiger partial charge in [-0.3, -0.25) is 0 Å². The maximum atomic E-state index is 5.20. The van der Waals surface area contributed by atoms with Gasteiger partial charge in [-0.25, -0.2) is 4.98 Å². The van der Waals surface area contributed by atoms with Crippen molar-refractivity contribution >= 4 is 11.0 Å². The zero-order valence-corrected chi connectivity index (χ0v) is 12.6. The maximum Gasteiger partial charge on any atom is 0.156 e. The molecule has 0 radical (unpaired) electrons. The van der Waals surface area contributed by atoms with Gasteiger partial charge in [-0.2, -0.15) is 0 Å². The Kier molecular flexibility index (Phi) is 3.51. The highest BCUT2D eigenvalue weighted by Crippen LogP contribution is 2.21. The molecule has 0 aliphatic rings. The van der Waals surface area contributed by atoms with Gasteiger partial charge in [0, 0.05) is 35.9 Å². The minimum absolute atomic E-state index is 0.0849. The minimum Gasteiger partial charge on any atom is -0.359 e. The molecule has 0 amide bonds. The van der Waals surface area contributed by atoms with Crippen LogP contribution in [0.1, 0.15) is 32.1 Å². The molecule has 1 N–H and O–H groups in total. The molecule has 0 unspecified atom stereocenters. The monoisotopic (exact) mass is 284 g/mol. The molecule has 5 heteroatoms. The van der Waals surface area contributed by atoms with Gasteiger partial charge in [-0.1, -0.05) is 5.16 Å². The Morgan fingerprint density at radius 2 is 2.10 bits per heavy atom. The van der Waals surface area contributed by atoms with Gasteiger partial charge in [0.1, 0.15) is 5.65 Å². The molecule has 3 aromatic heterocycles. The van der Waals surface area contributed by atoms with E-state index in [9.17, 15) is 0 Å². The second-order valence-electron chi connectivity index (χ2n) is 6.24. The van der Waals surface area contributed by atoms with E-state index in [0.29, 0.717) is 6.54 Å². The van der Waals surface area contributed by atoms with Gasteiger partial charge in [0.2, 0.25) is 0 Å². The van der Waals surface area contributed by atoms with Crippen molar-refractivity contribution in [2.24, 2.45) is 0 Å². The highest BCUT2D eigenvalue weighted by molar-refractivity contribution is 5.80. The van der Waals surface area contributed by atoms with Crippen LogP contribution < -0.4 is 5.32 Å². The smallest absolute Gasteiger partial charge is 0.156 e. The zero-order chi connectivity index (χ0) is 14.9. The molecule has 0 aliphatic heterocycles. The van der Waals surface area contributed by atoms with Crippen LogP contribution in [0.4, 0.5) is 0 Å². The molecule has 0 saturated heterocycles. The predicted octanol–water partition coefficient (Wildman–Crippen LogP) is 2.96. The second kappa shape index (κ2) is 5.33. The van der Waals surface area contributed by atoms with Gasteiger partial charge >= 0.3 is 0 Å². The van der Waals surface area contributed by atoms with Crippen LogP contribution >= 0.6 is 0 Å². The number of hydrogen-bond donors (Lipinski definition) is 1. The quantitative estimate of drug-likeness (QED) is 0.800. The summed E-state index contributed by atoms with van der Waals surface area (Å²) in [4.78, 5) is 4.50. The van der Waals surface area contributed by atoms with Gasteiger partial charge in [0.25, 0.3) is 0 Å². The summed E-state index contributed by atoms with van der Waals surface area (Å²) in [5.41, 5.74) is 2.30. The van der Waals surface area contributed by atoms with E-state index in [1.165, 1.54) is 10.9 Å². The van der Waals surface area contributed by atoms with Crippen LogP contribution in [0.25, 0.3) is 11.0 Å². The molecule has 3 rings (SSSR count). The number of nitrogens with one attached hydrogen (secondary N) is 1. The Hall–Kier alpha value is -2.14. The van der Waals surface area contributed by atoms with Crippen LogP contribution in [0, 0.1) is 0 Å². The van der Waals surface area contributed by atoms with Gasteiger partial charge in [-0.15, -0.1) is 0 Å². The molecule has 0 spiro atoms. The highest BCUT2D eigenvalue weighted by atomic mass is 16.5. The summed E-state index contributed by atoms with van der Waals surface area (Å²) in [6, 6.07) is 5.96. The molecule has 0 bridgehead atoms. The lowest BCUT2D eigenvalue weighted by atomic mass is 10.1. The van der Waals surface area contributed by atoms with E-state index in [1.807, 2.05) is 18.3 Å². The summed E-state index contributed by atoms with van der Waals surface area (Å²) in [7, 11) is 0. The lowest BCUT2D eigenvalue weighted by Crippen LogP contribution is -2.34. The molecule has 0 fully saturated rings. The van der Waals surface area contributed by atoms with E-state index in [1.54, 1.807) is 6.20 Å². The Bertz CT molecular complexity index is 722. The number of hydrogen-bond acceptors (Lipinski definition) is 4. The van der Waals surface area contributed by atoms with Crippen LogP contribution in [0.3, 0.4) is 0 Å². The van der Waals surface area contributed by atoms with Crippen molar-refractivity contribution in [1.82, 2.24) is 20.0 Å². The summed E-state index contributed by atoms with van der Waals surface area (Å²) < 4.78 is 7.30. The molecule has 0 aliphatic carbocycles. The molecule has 110 valence electrons. The zero-order valence-electron chi connectivity index (χ0n) is 12.6. The first-order valence-electron chi connectivity index (χ1n) is 7.10. The predicted molar refractivity (Wildman–Crippen MR) is 81.9 cm³/mol. The van der Waals surface area contributed by atoms with Crippen molar-refractivity contribution in [1.29, 1.82) is 0 Å². The van der Waals surface area contributed by atoms with Crippen LogP contribution in [0.5, 0.6) is 0 Å². The van der Waals surface area contributed by atoms with Crippen molar-refractivity contribution in [3.63, 3.8) is 0 Å². The number of rotatable bonds is 4. The standard InChI is InChI=1S/C16H20N4O/c1-16(2,3)18-9-12-10-20(11-13-6-8-19-21-13)15-14(12)5-4-7-17-15/h4-8,10,18H,9,11H2,1-3H3. The Balaban J connectivity index is 1.94. The summed E-state index contributed by atoms with van der Waals surface area (Å²) in [6.07, 6.45) is 5.62. The lowest BCUT2D eigenvalue weighted by Gasteiger charge is -2.20. The van der Waals surface area contributed by atoms with E-state index >= 15 is 0 Å². The van der Waals surface area contributed by atoms with Crippen molar-refractivity contribution in [3.05, 3.63) is 48.1 Å². The van der Waals surface area contributed by atoms with Gasteiger partial charge in [0.05, 0.1) is 12.7 Å². The molecular formula is C16H20N4O. The van der Waals surface area contributed by atoms with Gasteiger partial charge in [-0.05, 0) is 38.5 Å². The van der Waals surface area contributed by atoms with Gasteiger partial charge in [0.15, 0.2) is 5.76 Å². The van der Waals surface area contributed by atoms with Crippen molar-refractivity contribution in [2.75, 3.05) is 0 Å². The summed E-state index contributed by atoms with van der Waals surface area (Å²) in [5.74, 6) is 0.827. The Labute approximate surface area is 124 Å². The largest absolute Gasteiger partial charge is 0.359 e. The average Bonchev–Trinajstić information content (AvgIpc) is 3.05. The third kappa shape index (κ3) is 3.13. The second-order valence-corrected chi connectivity index (χ2v) is 6.24. The maximum absolute atomic E-state index is 5.20. The van der Waals surface area contributed by atoms with Crippen molar-refractivity contribution in [3.8, 4) is 0 Å². The fourth-order valence-electron chi connectivity index (χ4n) is 2.31.